The van der Waals surface area contributed by atoms with Crippen LogP contribution in [0.4, 0.5) is 4.79 Å². The van der Waals surface area contributed by atoms with Crippen LogP contribution >= 0.6 is 0 Å². The number of amides is 2. The van der Waals surface area contributed by atoms with E-state index in [0.29, 0.717) is 16.9 Å². The smallest absolute Gasteiger partial charge is 0.429 e. The third-order valence-corrected chi connectivity index (χ3v) is 3.57. The second kappa shape index (κ2) is 7.36. The van der Waals surface area contributed by atoms with Crippen LogP contribution in [0.3, 0.4) is 0 Å². The van der Waals surface area contributed by atoms with Crippen LogP contribution in [0, 0.1) is 11.3 Å². The van der Waals surface area contributed by atoms with Gasteiger partial charge in [0.25, 0.3) is 5.91 Å². The molecule has 0 saturated carbocycles. The minimum absolute atomic E-state index is 0.148. The molecule has 0 unspecified atom stereocenters. The van der Waals surface area contributed by atoms with Gasteiger partial charge in [-0.3, -0.25) is 10.2 Å². The van der Waals surface area contributed by atoms with Crippen molar-refractivity contribution < 1.29 is 19.1 Å². The summed E-state index contributed by atoms with van der Waals surface area (Å²) in [5.74, 6) is 0.188. The van der Waals surface area contributed by atoms with Gasteiger partial charge in [-0.05, 0) is 36.4 Å². The Labute approximate surface area is 144 Å². The lowest BCUT2D eigenvalue weighted by atomic mass is 10.2. The van der Waals surface area contributed by atoms with Gasteiger partial charge in [-0.2, -0.15) is 5.26 Å². The third-order valence-electron chi connectivity index (χ3n) is 3.57. The minimum Gasteiger partial charge on any atom is -0.490 e. The number of cyclic esters (lactones) is 1. The van der Waals surface area contributed by atoms with E-state index >= 15 is 0 Å². The van der Waals surface area contributed by atoms with Crippen molar-refractivity contribution in [1.82, 2.24) is 10.4 Å². The van der Waals surface area contributed by atoms with Gasteiger partial charge < -0.3 is 9.47 Å². The molecule has 0 spiro atoms. The predicted molar refractivity (Wildman–Crippen MR) is 87.5 cm³/mol. The van der Waals surface area contributed by atoms with Gasteiger partial charge in [-0.15, -0.1) is 0 Å². The predicted octanol–water partition coefficient (Wildman–Crippen LogP) is 2.10. The molecule has 2 aromatic carbocycles. The highest BCUT2D eigenvalue weighted by Crippen LogP contribution is 2.15. The van der Waals surface area contributed by atoms with Crippen molar-refractivity contribution in [1.29, 1.82) is 5.26 Å². The lowest BCUT2D eigenvalue weighted by Gasteiger charge is -2.14. The zero-order valence-electron chi connectivity index (χ0n) is 13.2. The van der Waals surface area contributed by atoms with Gasteiger partial charge in [0.05, 0.1) is 18.2 Å². The van der Waals surface area contributed by atoms with E-state index in [1.807, 2.05) is 6.07 Å². The number of carbonyl (C=O) groups excluding carboxylic acids is 2. The summed E-state index contributed by atoms with van der Waals surface area (Å²) in [5.41, 5.74) is 3.50. The summed E-state index contributed by atoms with van der Waals surface area (Å²) >= 11 is 0. The molecular formula is C18H15N3O4. The summed E-state index contributed by atoms with van der Waals surface area (Å²) < 4.78 is 10.7. The molecule has 25 heavy (non-hydrogen) atoms. The molecule has 1 heterocycles. The van der Waals surface area contributed by atoms with E-state index in [0.717, 1.165) is 5.01 Å². The second-order valence-corrected chi connectivity index (χ2v) is 5.37. The summed E-state index contributed by atoms with van der Waals surface area (Å²) in [6, 6.07) is 17.2. The minimum atomic E-state index is -0.627. The van der Waals surface area contributed by atoms with E-state index in [4.69, 9.17) is 14.7 Å². The van der Waals surface area contributed by atoms with E-state index in [1.54, 1.807) is 54.6 Å². The van der Waals surface area contributed by atoms with Crippen LogP contribution in [0.2, 0.25) is 0 Å². The van der Waals surface area contributed by atoms with Crippen molar-refractivity contribution in [3.63, 3.8) is 0 Å². The Bertz CT molecular complexity index is 799. The molecule has 0 bridgehead atoms. The highest BCUT2D eigenvalue weighted by atomic mass is 16.6. The van der Waals surface area contributed by atoms with Crippen LogP contribution in [0.15, 0.2) is 54.6 Å². The van der Waals surface area contributed by atoms with E-state index in [-0.39, 0.29) is 19.1 Å². The fourth-order valence-corrected chi connectivity index (χ4v) is 2.29. The molecule has 1 aliphatic heterocycles. The summed E-state index contributed by atoms with van der Waals surface area (Å²) in [5, 5.41) is 9.88. The van der Waals surface area contributed by atoms with Crippen molar-refractivity contribution in [2.45, 2.75) is 6.10 Å². The Balaban J connectivity index is 1.52. The molecule has 7 heteroatoms. The summed E-state index contributed by atoms with van der Waals surface area (Å²) in [7, 11) is 0. The van der Waals surface area contributed by atoms with Crippen molar-refractivity contribution in [2.75, 3.05) is 13.2 Å². The normalized spacial score (nSPS) is 16.0. The van der Waals surface area contributed by atoms with Crippen LogP contribution < -0.4 is 10.2 Å². The van der Waals surface area contributed by atoms with Gasteiger partial charge in [0.2, 0.25) is 0 Å². The lowest BCUT2D eigenvalue weighted by molar-refractivity contribution is 0.0823. The maximum Gasteiger partial charge on any atom is 0.429 e. The average molecular weight is 337 g/mol. The topological polar surface area (TPSA) is 91.7 Å². The Morgan fingerprint density at radius 1 is 1.24 bits per heavy atom. The Morgan fingerprint density at radius 2 is 1.96 bits per heavy atom. The van der Waals surface area contributed by atoms with E-state index in [2.05, 4.69) is 5.43 Å². The summed E-state index contributed by atoms with van der Waals surface area (Å²) in [4.78, 5) is 23.9. The quantitative estimate of drug-likeness (QED) is 0.902. The third kappa shape index (κ3) is 4.06. The molecule has 1 saturated heterocycles. The molecule has 0 aromatic heterocycles. The molecule has 126 valence electrons. The van der Waals surface area contributed by atoms with E-state index in [9.17, 15) is 9.59 Å². The number of hydrazine groups is 1. The molecule has 1 aliphatic rings. The number of nitrogens with one attached hydrogen (secondary N) is 1. The molecule has 2 aromatic rings. The number of hydrogen-bond donors (Lipinski definition) is 1. The monoisotopic (exact) mass is 337 g/mol. The first kappa shape index (κ1) is 16.3. The number of hydrogen-bond acceptors (Lipinski definition) is 5. The lowest BCUT2D eigenvalue weighted by Crippen LogP contribution is -2.43. The van der Waals surface area contributed by atoms with E-state index < -0.39 is 12.2 Å². The maximum atomic E-state index is 12.1. The van der Waals surface area contributed by atoms with Crippen molar-refractivity contribution in [3.05, 3.63) is 65.7 Å². The summed E-state index contributed by atoms with van der Waals surface area (Å²) in [6.07, 6.45) is -1.13. The number of carbonyl (C=O) groups is 2. The number of nitriles is 1. The summed E-state index contributed by atoms with van der Waals surface area (Å²) in [6.45, 7) is 0.336. The fourth-order valence-electron chi connectivity index (χ4n) is 2.29. The van der Waals surface area contributed by atoms with E-state index in [1.165, 1.54) is 0 Å². The molecule has 1 fully saturated rings. The molecule has 0 aliphatic carbocycles. The number of ether oxygens (including phenoxy) is 2. The van der Waals surface area contributed by atoms with Crippen LogP contribution in [0.5, 0.6) is 5.75 Å². The number of rotatable bonds is 5. The standard InChI is InChI=1S/C18H15N3O4/c19-10-13-6-8-15(9-7-13)24-12-16-11-21(18(23)25-16)20-17(22)14-4-2-1-3-5-14/h1-9,16H,11-12H2,(H,20,22)/t16-/m1/s1. The maximum absolute atomic E-state index is 12.1. The number of benzene rings is 2. The van der Waals surface area contributed by atoms with Crippen LogP contribution in [0.1, 0.15) is 15.9 Å². The second-order valence-electron chi connectivity index (χ2n) is 5.37. The van der Waals surface area contributed by atoms with Gasteiger partial charge in [0.15, 0.2) is 6.10 Å². The van der Waals surface area contributed by atoms with Gasteiger partial charge in [0, 0.05) is 5.56 Å². The van der Waals surface area contributed by atoms with Crippen molar-refractivity contribution in [3.8, 4) is 11.8 Å². The zero-order valence-corrected chi connectivity index (χ0v) is 13.2. The highest BCUT2D eigenvalue weighted by molar-refractivity contribution is 5.95. The van der Waals surface area contributed by atoms with Gasteiger partial charge >= 0.3 is 6.09 Å². The Kier molecular flexibility index (Phi) is 4.81. The molecular weight excluding hydrogens is 322 g/mol. The Hall–Kier alpha value is -3.53. The molecule has 0 radical (unpaired) electrons. The van der Waals surface area contributed by atoms with Crippen LogP contribution in [0.25, 0.3) is 0 Å². The molecule has 1 N–H and O–H groups in total. The van der Waals surface area contributed by atoms with Crippen molar-refractivity contribution >= 4 is 12.0 Å². The first-order chi connectivity index (χ1) is 12.2. The van der Waals surface area contributed by atoms with Crippen molar-refractivity contribution in [2.24, 2.45) is 0 Å². The zero-order chi connectivity index (χ0) is 17.6. The largest absolute Gasteiger partial charge is 0.490 e. The van der Waals surface area contributed by atoms with Crippen LogP contribution in [-0.4, -0.2) is 36.3 Å². The van der Waals surface area contributed by atoms with Gasteiger partial charge in [-0.1, -0.05) is 18.2 Å². The average Bonchev–Trinajstić information content (AvgIpc) is 3.00. The first-order valence-electron chi connectivity index (χ1n) is 7.63. The molecule has 1 atom stereocenters. The fraction of sp³-hybridized carbons (Fsp3) is 0.167. The molecule has 2 amide bonds. The Morgan fingerprint density at radius 3 is 2.64 bits per heavy atom. The van der Waals surface area contributed by atoms with Gasteiger partial charge in [0.1, 0.15) is 12.4 Å². The molecule has 3 rings (SSSR count). The number of nitrogens with zero attached hydrogens (tertiary/aromatic N) is 2. The SMILES string of the molecule is N#Cc1ccc(OC[C@H]2CN(NC(=O)c3ccccc3)C(=O)O2)cc1. The van der Waals surface area contributed by atoms with Gasteiger partial charge in [-0.25, -0.2) is 9.80 Å². The molecule has 7 nitrogen and oxygen atoms in total. The first-order valence-corrected chi connectivity index (χ1v) is 7.63. The van der Waals surface area contributed by atoms with Crippen LogP contribution in [-0.2, 0) is 4.74 Å². The highest BCUT2D eigenvalue weighted by Gasteiger charge is 2.33.